The van der Waals surface area contributed by atoms with Crippen molar-refractivity contribution in [2.24, 2.45) is 7.05 Å². The Hall–Kier alpha value is -7.03. The molecule has 4 aromatic heterocycles. The lowest BCUT2D eigenvalue weighted by Crippen LogP contribution is -2.52. The quantitative estimate of drug-likeness (QED) is 0.0679. The molecule has 16 nitrogen and oxygen atoms in total. The van der Waals surface area contributed by atoms with Gasteiger partial charge in [0, 0.05) is 91.8 Å². The van der Waals surface area contributed by atoms with Crippen LogP contribution in [-0.2, 0) is 40.6 Å². The summed E-state index contributed by atoms with van der Waals surface area (Å²) in [6.45, 7) is 5.60. The van der Waals surface area contributed by atoms with Crippen molar-refractivity contribution in [1.82, 2.24) is 39.8 Å². The number of ether oxygens (including phenoxy) is 2. The zero-order chi connectivity index (χ0) is 50.3. The van der Waals surface area contributed by atoms with E-state index in [0.29, 0.717) is 66.8 Å². The van der Waals surface area contributed by atoms with Crippen molar-refractivity contribution in [2.75, 3.05) is 45.9 Å². The Labute approximate surface area is 413 Å². The minimum absolute atomic E-state index is 0.0196. The Kier molecular flexibility index (Phi) is 13.8. The molecule has 0 radical (unpaired) electrons. The van der Waals surface area contributed by atoms with Crippen LogP contribution in [0.15, 0.2) is 66.0 Å². The molecule has 21 heteroatoms. The number of aromatic carboxylic acids is 1. The van der Waals surface area contributed by atoms with Crippen molar-refractivity contribution < 1.29 is 51.7 Å². The van der Waals surface area contributed by atoms with Crippen LogP contribution in [0.3, 0.4) is 0 Å². The average molecular weight is 1010 g/mol. The normalized spacial score (nSPS) is 15.7. The van der Waals surface area contributed by atoms with Gasteiger partial charge in [-0.15, -0.1) is 11.3 Å². The van der Waals surface area contributed by atoms with E-state index in [2.05, 4.69) is 25.6 Å². The van der Waals surface area contributed by atoms with Gasteiger partial charge in [0.2, 0.25) is 11.8 Å². The summed E-state index contributed by atoms with van der Waals surface area (Å²) in [5.74, 6) is -3.20. The lowest BCUT2D eigenvalue weighted by molar-refractivity contribution is -0.141. The van der Waals surface area contributed by atoms with Gasteiger partial charge in [0.15, 0.2) is 6.61 Å². The maximum absolute atomic E-state index is 14.1. The highest BCUT2D eigenvalue weighted by Crippen LogP contribution is 2.43. The van der Waals surface area contributed by atoms with E-state index in [-0.39, 0.29) is 59.7 Å². The van der Waals surface area contributed by atoms with Crippen molar-refractivity contribution in [3.8, 4) is 22.6 Å². The zero-order valence-electron chi connectivity index (χ0n) is 38.8. The number of aromatic nitrogens is 4. The molecule has 3 N–H and O–H groups in total. The number of pyridine rings is 1. The molecule has 2 fully saturated rings. The molecule has 0 saturated carbocycles. The molecule has 1 atom stereocenters. The number of hydrogen-bond donors (Lipinski definition) is 3. The third kappa shape index (κ3) is 9.87. The SMILES string of the molecule is Cc1nn(C)c(C)c1-c1c(Cl)ccc2c(CCCOc3cccc4ccccc34)c(C(=O)O)n(CCN3CCN(C(=O)COc4cc(C(F)(F)F)nc5c(C(=O)NC6CCC(=O)NC6=O)scc45)CC3)c12. The molecule has 2 saturated heterocycles. The predicted molar refractivity (Wildman–Crippen MR) is 260 cm³/mol. The Morgan fingerprint density at radius 2 is 1.70 bits per heavy atom. The summed E-state index contributed by atoms with van der Waals surface area (Å²) >= 11 is 7.85. The minimum atomic E-state index is -4.93. The summed E-state index contributed by atoms with van der Waals surface area (Å²) in [4.78, 5) is 71.2. The Bertz CT molecular complexity index is 3260. The van der Waals surface area contributed by atoms with Crippen molar-refractivity contribution in [3.63, 3.8) is 0 Å². The minimum Gasteiger partial charge on any atom is -0.493 e. The van der Waals surface area contributed by atoms with Crippen LogP contribution in [0.4, 0.5) is 13.2 Å². The highest BCUT2D eigenvalue weighted by atomic mass is 35.5. The van der Waals surface area contributed by atoms with Crippen LogP contribution in [0.2, 0.25) is 5.02 Å². The number of thiophene rings is 1. The van der Waals surface area contributed by atoms with Gasteiger partial charge in [0.05, 0.1) is 33.7 Å². The second kappa shape index (κ2) is 20.0. The lowest BCUT2D eigenvalue weighted by Gasteiger charge is -2.35. The number of halogens is 4. The first-order valence-electron chi connectivity index (χ1n) is 22.9. The standard InChI is InChI=1S/C50H48ClF3N8O8S/c1-27-41(28(2)59(3)58-27)42-34(51)14-13-32-31(11-7-23-69-36-12-6-9-29-8-4-5-10-30(29)36)45(49(67)68)62(44(32)42)22-19-60-17-20-61(21-18-60)40(64)25-70-37-24-38(50(52,53)54)56-43-33(37)26-71-46(43)48(66)55-35-15-16-39(63)57-47(35)65/h4-6,8-10,12-14,24,26,35H,7,11,15-23,25H2,1-3H3,(H,55,66)(H,67,68)(H,57,63,65). The number of carboxylic acids is 1. The number of fused-ring (bicyclic) bond motifs is 3. The number of carbonyl (C=O) groups is 5. The van der Waals surface area contributed by atoms with Crippen LogP contribution in [0.5, 0.6) is 11.5 Å². The summed E-state index contributed by atoms with van der Waals surface area (Å²) in [5, 5.41) is 24.9. The van der Waals surface area contributed by atoms with Gasteiger partial charge in [-0.3, -0.25) is 34.1 Å². The van der Waals surface area contributed by atoms with E-state index in [1.54, 1.807) is 15.6 Å². The summed E-state index contributed by atoms with van der Waals surface area (Å²) in [5.41, 5.74) is 2.93. The van der Waals surface area contributed by atoms with Gasteiger partial charge in [-0.2, -0.15) is 18.3 Å². The summed E-state index contributed by atoms with van der Waals surface area (Å²) in [6, 6.07) is 17.1. The largest absolute Gasteiger partial charge is 0.493 e. The number of rotatable bonds is 15. The number of aryl methyl sites for hydroxylation is 3. The van der Waals surface area contributed by atoms with Crippen LogP contribution in [0.25, 0.3) is 43.7 Å². The average Bonchev–Trinajstić information content (AvgIpc) is 3.99. The number of imide groups is 1. The highest BCUT2D eigenvalue weighted by Gasteiger charge is 2.36. The Balaban J connectivity index is 0.905. The summed E-state index contributed by atoms with van der Waals surface area (Å²) in [7, 11) is 1.84. The smallest absolute Gasteiger partial charge is 0.433 e. The first-order valence-corrected chi connectivity index (χ1v) is 24.2. The molecule has 0 spiro atoms. The Morgan fingerprint density at radius 1 is 0.944 bits per heavy atom. The van der Waals surface area contributed by atoms with Gasteiger partial charge >= 0.3 is 12.1 Å². The molecule has 4 amide bonds. The number of piperidine rings is 1. The molecule has 2 aliphatic heterocycles. The maximum atomic E-state index is 14.1. The monoisotopic (exact) mass is 1010 g/mol. The Morgan fingerprint density at radius 3 is 2.42 bits per heavy atom. The number of nitrogens with zero attached hydrogens (tertiary/aromatic N) is 6. The van der Waals surface area contributed by atoms with Crippen molar-refractivity contribution in [3.05, 3.63) is 104 Å². The van der Waals surface area contributed by atoms with E-state index in [1.807, 2.05) is 74.0 Å². The summed E-state index contributed by atoms with van der Waals surface area (Å²) < 4.78 is 57.9. The number of alkyl halides is 3. The van der Waals surface area contributed by atoms with E-state index in [4.69, 9.17) is 21.1 Å². The fourth-order valence-electron chi connectivity index (χ4n) is 9.51. The number of benzene rings is 3. The molecule has 1 unspecified atom stereocenters. The van der Waals surface area contributed by atoms with Gasteiger partial charge in [0.1, 0.15) is 33.8 Å². The van der Waals surface area contributed by atoms with E-state index in [1.165, 1.54) is 5.38 Å². The first kappa shape index (κ1) is 49.0. The number of piperazine rings is 1. The fourth-order valence-corrected chi connectivity index (χ4v) is 10.6. The van der Waals surface area contributed by atoms with E-state index in [0.717, 1.165) is 50.2 Å². The van der Waals surface area contributed by atoms with E-state index >= 15 is 0 Å². The molecular formula is C50H48ClF3N8O8S. The third-order valence-corrected chi connectivity index (χ3v) is 14.4. The summed E-state index contributed by atoms with van der Waals surface area (Å²) in [6.07, 6.45) is -3.99. The molecule has 6 heterocycles. The first-order chi connectivity index (χ1) is 34.0. The van der Waals surface area contributed by atoms with E-state index in [9.17, 15) is 42.3 Å². The van der Waals surface area contributed by atoms with Gasteiger partial charge in [-0.1, -0.05) is 54.1 Å². The van der Waals surface area contributed by atoms with Crippen LogP contribution >= 0.6 is 22.9 Å². The van der Waals surface area contributed by atoms with Crippen LogP contribution in [0.1, 0.15) is 62.1 Å². The number of carboxylic acid groups (broad SMARTS) is 1. The van der Waals surface area contributed by atoms with Gasteiger partial charge in [0.25, 0.3) is 11.8 Å². The maximum Gasteiger partial charge on any atom is 0.433 e. The number of hydrogen-bond acceptors (Lipinski definition) is 11. The third-order valence-electron chi connectivity index (χ3n) is 13.1. The molecular weight excluding hydrogens is 965 g/mol. The second-order valence-electron chi connectivity index (χ2n) is 17.5. The topological polar surface area (TPSA) is 190 Å². The molecule has 0 aliphatic carbocycles. The van der Waals surface area contributed by atoms with Gasteiger partial charge in [-0.05, 0) is 56.2 Å². The molecule has 2 aliphatic rings. The second-order valence-corrected chi connectivity index (χ2v) is 18.8. The van der Waals surface area contributed by atoms with Crippen LogP contribution < -0.4 is 20.1 Å². The van der Waals surface area contributed by atoms with Crippen LogP contribution in [-0.4, -0.2) is 116 Å². The molecule has 71 heavy (non-hydrogen) atoms. The fraction of sp³-hybridized carbons (Fsp3) is 0.340. The van der Waals surface area contributed by atoms with Crippen molar-refractivity contribution in [2.45, 2.75) is 58.3 Å². The van der Waals surface area contributed by atoms with Crippen molar-refractivity contribution >= 4 is 85.1 Å². The van der Waals surface area contributed by atoms with Gasteiger partial charge < -0.3 is 29.4 Å². The molecule has 3 aromatic carbocycles. The number of amides is 4. The van der Waals surface area contributed by atoms with Gasteiger partial charge in [-0.25, -0.2) is 9.78 Å². The van der Waals surface area contributed by atoms with Crippen molar-refractivity contribution in [1.29, 1.82) is 0 Å². The number of carbonyl (C=O) groups excluding carboxylic acids is 4. The molecule has 0 bridgehead atoms. The molecule has 370 valence electrons. The molecule has 7 aromatic rings. The zero-order valence-corrected chi connectivity index (χ0v) is 40.4. The predicted octanol–water partition coefficient (Wildman–Crippen LogP) is 7.56. The molecule has 9 rings (SSSR count). The van der Waals surface area contributed by atoms with Crippen LogP contribution in [0, 0.1) is 13.8 Å². The number of nitrogens with one attached hydrogen (secondary N) is 2. The highest BCUT2D eigenvalue weighted by molar-refractivity contribution is 7.13. The lowest BCUT2D eigenvalue weighted by atomic mass is 9.98. The van der Waals surface area contributed by atoms with E-state index < -0.39 is 54.1 Å².